The third-order valence-corrected chi connectivity index (χ3v) is 4.04. The Hall–Kier alpha value is -0.870. The van der Waals surface area contributed by atoms with Gasteiger partial charge in [0.05, 0.1) is 19.3 Å². The molecule has 1 aliphatic rings. The summed E-state index contributed by atoms with van der Waals surface area (Å²) >= 11 is 0. The molecule has 1 fully saturated rings. The summed E-state index contributed by atoms with van der Waals surface area (Å²) in [7, 11) is 0. The fourth-order valence-electron chi connectivity index (χ4n) is 3.80. The van der Waals surface area contributed by atoms with Gasteiger partial charge in [0.1, 0.15) is 5.76 Å². The van der Waals surface area contributed by atoms with E-state index < -0.39 is 0 Å². The fraction of sp³-hybridized carbons (Fsp3) is 0.800. The Labute approximate surface area is 115 Å². The Kier molecular flexibility index (Phi) is 4.02. The summed E-state index contributed by atoms with van der Waals surface area (Å²) in [5.74, 6) is 2.14. The highest BCUT2D eigenvalue weighted by Crippen LogP contribution is 2.43. The number of rotatable bonds is 4. The molecule has 0 aliphatic heterocycles. The highest BCUT2D eigenvalue weighted by Gasteiger charge is 2.42. The zero-order valence-electron chi connectivity index (χ0n) is 12.5. The Balaban J connectivity index is 2.05. The van der Waals surface area contributed by atoms with Crippen molar-refractivity contribution in [3.05, 3.63) is 17.8 Å². The van der Waals surface area contributed by atoms with Gasteiger partial charge in [-0.15, -0.1) is 0 Å². The van der Waals surface area contributed by atoms with Crippen LogP contribution in [0.4, 0.5) is 0 Å². The van der Waals surface area contributed by atoms with Gasteiger partial charge in [-0.3, -0.25) is 0 Å². The minimum absolute atomic E-state index is 0.167. The van der Waals surface area contributed by atoms with Crippen LogP contribution in [0.3, 0.4) is 0 Å². The monoisotopic (exact) mass is 266 g/mol. The molecule has 0 aromatic carbocycles. The molecule has 19 heavy (non-hydrogen) atoms. The van der Waals surface area contributed by atoms with Crippen LogP contribution in [0, 0.1) is 18.3 Å². The van der Waals surface area contributed by atoms with E-state index in [0.717, 1.165) is 18.6 Å². The smallest absolute Gasteiger partial charge is 0.208 e. The number of hydrogen-bond donors (Lipinski definition) is 2. The Morgan fingerprint density at radius 3 is 2.74 bits per heavy atom. The predicted molar refractivity (Wildman–Crippen MR) is 74.7 cm³/mol. The van der Waals surface area contributed by atoms with E-state index in [9.17, 15) is 5.11 Å². The summed E-state index contributed by atoms with van der Waals surface area (Å²) in [5, 5.41) is 13.4. The summed E-state index contributed by atoms with van der Waals surface area (Å²) in [6.07, 6.45) is 4.94. The maximum absolute atomic E-state index is 9.86. The lowest BCUT2D eigenvalue weighted by atomic mass is 9.64. The van der Waals surface area contributed by atoms with Gasteiger partial charge in [0.2, 0.25) is 5.89 Å². The molecule has 1 saturated carbocycles. The largest absolute Gasteiger partial charge is 0.445 e. The van der Waals surface area contributed by atoms with Gasteiger partial charge >= 0.3 is 0 Å². The Morgan fingerprint density at radius 2 is 2.21 bits per heavy atom. The number of aromatic nitrogens is 1. The normalized spacial score (nSPS) is 30.5. The van der Waals surface area contributed by atoms with E-state index in [1.54, 1.807) is 6.20 Å². The molecule has 1 heterocycles. The average molecular weight is 266 g/mol. The lowest BCUT2D eigenvalue weighted by Crippen LogP contribution is -2.54. The molecule has 0 spiro atoms. The number of nitrogens with zero attached hydrogens (tertiary/aromatic N) is 1. The second-order valence-electron chi connectivity index (χ2n) is 7.01. The van der Waals surface area contributed by atoms with E-state index in [2.05, 4.69) is 31.1 Å². The second-order valence-corrected chi connectivity index (χ2v) is 7.01. The maximum Gasteiger partial charge on any atom is 0.208 e. The third-order valence-electron chi connectivity index (χ3n) is 4.04. The molecule has 2 atom stereocenters. The molecule has 1 aromatic heterocycles. The van der Waals surface area contributed by atoms with Crippen molar-refractivity contribution in [2.75, 3.05) is 6.61 Å². The van der Waals surface area contributed by atoms with Crippen LogP contribution in [0.5, 0.6) is 0 Å². The van der Waals surface area contributed by atoms with Crippen LogP contribution in [-0.2, 0) is 6.54 Å². The van der Waals surface area contributed by atoms with Crippen LogP contribution in [0.2, 0.25) is 0 Å². The van der Waals surface area contributed by atoms with E-state index in [-0.39, 0.29) is 17.6 Å². The fourth-order valence-corrected chi connectivity index (χ4v) is 3.80. The average Bonchev–Trinajstić information content (AvgIpc) is 2.70. The molecule has 2 rings (SSSR count). The molecule has 2 unspecified atom stereocenters. The first-order valence-electron chi connectivity index (χ1n) is 7.11. The van der Waals surface area contributed by atoms with Gasteiger partial charge in [-0.25, -0.2) is 4.98 Å². The van der Waals surface area contributed by atoms with Gasteiger partial charge in [0.25, 0.3) is 0 Å². The van der Waals surface area contributed by atoms with E-state index in [1.807, 2.05) is 6.92 Å². The lowest BCUT2D eigenvalue weighted by Gasteiger charge is -2.47. The van der Waals surface area contributed by atoms with Crippen LogP contribution in [0.25, 0.3) is 0 Å². The van der Waals surface area contributed by atoms with Gasteiger partial charge in [-0.1, -0.05) is 20.8 Å². The minimum Gasteiger partial charge on any atom is -0.445 e. The first kappa shape index (κ1) is 14.5. The second kappa shape index (κ2) is 5.25. The van der Waals surface area contributed by atoms with E-state index in [4.69, 9.17) is 4.42 Å². The quantitative estimate of drug-likeness (QED) is 0.879. The van der Waals surface area contributed by atoms with E-state index >= 15 is 0 Å². The predicted octanol–water partition coefficient (Wildman–Crippen LogP) is 2.65. The van der Waals surface area contributed by atoms with Crippen molar-refractivity contribution < 1.29 is 9.52 Å². The van der Waals surface area contributed by atoms with Crippen LogP contribution in [-0.4, -0.2) is 22.2 Å². The van der Waals surface area contributed by atoms with Gasteiger partial charge in [-0.2, -0.15) is 0 Å². The highest BCUT2D eigenvalue weighted by molar-refractivity contribution is 5.00. The molecule has 4 heteroatoms. The van der Waals surface area contributed by atoms with Crippen molar-refractivity contribution >= 4 is 0 Å². The van der Waals surface area contributed by atoms with Crippen LogP contribution < -0.4 is 5.32 Å². The van der Waals surface area contributed by atoms with Crippen molar-refractivity contribution in [3.8, 4) is 0 Å². The lowest BCUT2D eigenvalue weighted by molar-refractivity contribution is 0.0337. The van der Waals surface area contributed by atoms with E-state index in [0.29, 0.717) is 18.4 Å². The molecule has 0 bridgehead atoms. The number of hydrogen-bond acceptors (Lipinski definition) is 4. The van der Waals surface area contributed by atoms with Gasteiger partial charge in [0, 0.05) is 5.54 Å². The molecular weight excluding hydrogens is 240 g/mol. The Morgan fingerprint density at radius 1 is 1.47 bits per heavy atom. The summed E-state index contributed by atoms with van der Waals surface area (Å²) in [6.45, 7) is 9.47. The van der Waals surface area contributed by atoms with Gasteiger partial charge < -0.3 is 14.8 Å². The van der Waals surface area contributed by atoms with Crippen molar-refractivity contribution in [1.82, 2.24) is 10.3 Å². The Bertz CT molecular complexity index is 428. The zero-order valence-corrected chi connectivity index (χ0v) is 12.5. The summed E-state index contributed by atoms with van der Waals surface area (Å²) in [5.41, 5.74) is 0.0590. The van der Waals surface area contributed by atoms with Crippen molar-refractivity contribution in [2.24, 2.45) is 11.3 Å². The van der Waals surface area contributed by atoms with Gasteiger partial charge in [0.15, 0.2) is 0 Å². The van der Waals surface area contributed by atoms with Crippen LogP contribution in [0.1, 0.15) is 51.7 Å². The SMILES string of the molecule is Cc1cnc(CNC2(CO)CC(C)CC(C)(C)C2)o1. The number of aliphatic hydroxyl groups is 1. The summed E-state index contributed by atoms with van der Waals surface area (Å²) < 4.78 is 5.49. The maximum atomic E-state index is 9.86. The standard InChI is InChI=1S/C15H26N2O2/c1-11-5-14(3,4)9-15(6-11,10-18)17-8-13-16-7-12(2)19-13/h7,11,17-18H,5-6,8-10H2,1-4H3. The molecule has 1 aromatic rings. The van der Waals surface area contributed by atoms with Crippen LogP contribution >= 0.6 is 0 Å². The number of oxazole rings is 1. The minimum atomic E-state index is -0.205. The third kappa shape index (κ3) is 3.57. The molecule has 108 valence electrons. The molecule has 4 nitrogen and oxygen atoms in total. The molecule has 0 saturated heterocycles. The van der Waals surface area contributed by atoms with Crippen molar-refractivity contribution in [3.63, 3.8) is 0 Å². The molecule has 1 aliphatic carbocycles. The molecule has 0 radical (unpaired) electrons. The molecule has 0 amide bonds. The number of aliphatic hydroxyl groups excluding tert-OH is 1. The number of nitrogens with one attached hydrogen (secondary N) is 1. The van der Waals surface area contributed by atoms with Crippen molar-refractivity contribution in [2.45, 2.75) is 59.0 Å². The van der Waals surface area contributed by atoms with Crippen LogP contribution in [0.15, 0.2) is 10.6 Å². The zero-order chi connectivity index (χ0) is 14.1. The first-order valence-corrected chi connectivity index (χ1v) is 7.11. The molecule has 2 N–H and O–H groups in total. The highest BCUT2D eigenvalue weighted by atomic mass is 16.4. The first-order chi connectivity index (χ1) is 8.84. The number of aryl methyl sites for hydroxylation is 1. The summed E-state index contributed by atoms with van der Waals surface area (Å²) in [4.78, 5) is 4.21. The van der Waals surface area contributed by atoms with Crippen molar-refractivity contribution in [1.29, 1.82) is 0 Å². The topological polar surface area (TPSA) is 58.3 Å². The van der Waals surface area contributed by atoms with E-state index in [1.165, 1.54) is 6.42 Å². The molecular formula is C15H26N2O2. The van der Waals surface area contributed by atoms with Gasteiger partial charge in [-0.05, 0) is 37.5 Å². The summed E-state index contributed by atoms with van der Waals surface area (Å²) in [6, 6.07) is 0.